The third-order valence-electron chi connectivity index (χ3n) is 2.33. The van der Waals surface area contributed by atoms with E-state index < -0.39 is 5.97 Å². The van der Waals surface area contributed by atoms with Gasteiger partial charge in [-0.2, -0.15) is 0 Å². The number of aromatic carboxylic acids is 1. The lowest BCUT2D eigenvalue weighted by Crippen LogP contribution is -1.99. The largest absolute Gasteiger partial charge is 0.478 e. The van der Waals surface area contributed by atoms with Gasteiger partial charge in [-0.05, 0) is 28.5 Å². The Morgan fingerprint density at radius 2 is 1.93 bits per heavy atom. The summed E-state index contributed by atoms with van der Waals surface area (Å²) in [6.45, 7) is -0.148. The minimum absolute atomic E-state index is 0.148. The zero-order valence-electron chi connectivity index (χ0n) is 7.97. The van der Waals surface area contributed by atoms with Gasteiger partial charge in [-0.25, -0.2) is 4.79 Å². The van der Waals surface area contributed by atoms with E-state index in [1.807, 2.05) is 12.1 Å². The summed E-state index contributed by atoms with van der Waals surface area (Å²) in [7, 11) is 0. The lowest BCUT2D eigenvalue weighted by atomic mass is 10.0. The lowest BCUT2D eigenvalue weighted by molar-refractivity contribution is 0.0699. The fourth-order valence-electron chi connectivity index (χ4n) is 1.64. The second-order valence-electron chi connectivity index (χ2n) is 3.33. The summed E-state index contributed by atoms with van der Waals surface area (Å²) in [4.78, 5) is 11.0. The fraction of sp³-hybridized carbons (Fsp3) is 0.0833. The van der Waals surface area contributed by atoms with Crippen molar-refractivity contribution in [3.8, 4) is 0 Å². The quantitative estimate of drug-likeness (QED) is 0.783. The van der Waals surface area contributed by atoms with E-state index >= 15 is 0 Å². The van der Waals surface area contributed by atoms with Crippen LogP contribution in [0.1, 0.15) is 15.9 Å². The van der Waals surface area contributed by atoms with Gasteiger partial charge in [-0.3, -0.25) is 0 Å². The maximum absolute atomic E-state index is 11.0. The molecule has 3 nitrogen and oxygen atoms in total. The van der Waals surface area contributed by atoms with Crippen molar-refractivity contribution in [2.24, 2.45) is 0 Å². The SMILES string of the molecule is O=C(O)c1cc(CO)cc2ccccc12. The number of rotatable bonds is 2. The van der Waals surface area contributed by atoms with Crippen molar-refractivity contribution in [2.45, 2.75) is 6.61 Å². The number of hydrogen-bond donors (Lipinski definition) is 2. The van der Waals surface area contributed by atoms with Crippen LogP contribution in [0, 0.1) is 0 Å². The Morgan fingerprint density at radius 1 is 1.20 bits per heavy atom. The minimum atomic E-state index is -0.971. The van der Waals surface area contributed by atoms with Crippen LogP contribution in [0.15, 0.2) is 36.4 Å². The highest BCUT2D eigenvalue weighted by Gasteiger charge is 2.09. The molecule has 2 aromatic rings. The predicted molar refractivity (Wildman–Crippen MR) is 56.8 cm³/mol. The Bertz CT molecular complexity index is 517. The third-order valence-corrected chi connectivity index (χ3v) is 2.33. The maximum Gasteiger partial charge on any atom is 0.336 e. The highest BCUT2D eigenvalue weighted by molar-refractivity contribution is 6.03. The summed E-state index contributed by atoms with van der Waals surface area (Å²) < 4.78 is 0. The molecule has 15 heavy (non-hydrogen) atoms. The van der Waals surface area contributed by atoms with Crippen molar-refractivity contribution in [1.82, 2.24) is 0 Å². The molecule has 0 aromatic heterocycles. The number of benzene rings is 2. The molecule has 2 aromatic carbocycles. The number of hydrogen-bond acceptors (Lipinski definition) is 2. The van der Waals surface area contributed by atoms with E-state index in [0.29, 0.717) is 10.9 Å². The summed E-state index contributed by atoms with van der Waals surface area (Å²) in [6.07, 6.45) is 0. The minimum Gasteiger partial charge on any atom is -0.478 e. The second-order valence-corrected chi connectivity index (χ2v) is 3.33. The zero-order chi connectivity index (χ0) is 10.8. The Hall–Kier alpha value is -1.87. The number of carbonyl (C=O) groups is 1. The lowest BCUT2D eigenvalue weighted by Gasteiger charge is -2.05. The fourth-order valence-corrected chi connectivity index (χ4v) is 1.64. The molecule has 3 heteroatoms. The highest BCUT2D eigenvalue weighted by atomic mass is 16.4. The average Bonchev–Trinajstić information content (AvgIpc) is 2.27. The predicted octanol–water partition coefficient (Wildman–Crippen LogP) is 2.03. The van der Waals surface area contributed by atoms with Crippen LogP contribution in [0.25, 0.3) is 10.8 Å². The van der Waals surface area contributed by atoms with Gasteiger partial charge in [0.05, 0.1) is 12.2 Å². The standard InChI is InChI=1S/C12H10O3/c13-7-8-5-9-3-1-2-4-10(9)11(6-8)12(14)15/h1-6,13H,7H2,(H,14,15). The molecule has 0 bridgehead atoms. The normalized spacial score (nSPS) is 10.5. The molecule has 0 atom stereocenters. The van der Waals surface area contributed by atoms with Crippen LogP contribution in [0.3, 0.4) is 0 Å². The molecule has 0 radical (unpaired) electrons. The van der Waals surface area contributed by atoms with E-state index in [9.17, 15) is 4.79 Å². The molecule has 0 amide bonds. The van der Waals surface area contributed by atoms with Gasteiger partial charge < -0.3 is 10.2 Å². The van der Waals surface area contributed by atoms with Gasteiger partial charge in [-0.15, -0.1) is 0 Å². The molecule has 0 spiro atoms. The smallest absolute Gasteiger partial charge is 0.336 e. The number of aliphatic hydroxyl groups is 1. The molecule has 2 N–H and O–H groups in total. The third kappa shape index (κ3) is 1.69. The number of fused-ring (bicyclic) bond motifs is 1. The van der Waals surface area contributed by atoms with Gasteiger partial charge >= 0.3 is 5.97 Å². The van der Waals surface area contributed by atoms with Crippen LogP contribution in [-0.2, 0) is 6.61 Å². The Labute approximate surface area is 86.6 Å². The maximum atomic E-state index is 11.0. The molecule has 2 rings (SSSR count). The molecular formula is C12H10O3. The van der Waals surface area contributed by atoms with E-state index in [2.05, 4.69) is 0 Å². The molecule has 0 fully saturated rings. The van der Waals surface area contributed by atoms with E-state index in [0.717, 1.165) is 5.39 Å². The Morgan fingerprint density at radius 3 is 2.60 bits per heavy atom. The van der Waals surface area contributed by atoms with Crippen LogP contribution < -0.4 is 0 Å². The summed E-state index contributed by atoms with van der Waals surface area (Å²) in [5.74, 6) is -0.971. The van der Waals surface area contributed by atoms with Crippen LogP contribution in [0.4, 0.5) is 0 Å². The molecule has 0 unspecified atom stereocenters. The topological polar surface area (TPSA) is 57.5 Å². The first kappa shape index (κ1) is 9.68. The van der Waals surface area contributed by atoms with Crippen molar-refractivity contribution in [2.75, 3.05) is 0 Å². The molecule has 0 aliphatic carbocycles. The summed E-state index contributed by atoms with van der Waals surface area (Å²) in [5, 5.41) is 19.6. The summed E-state index contributed by atoms with van der Waals surface area (Å²) in [6, 6.07) is 10.5. The van der Waals surface area contributed by atoms with Gasteiger partial charge in [0.2, 0.25) is 0 Å². The molecular weight excluding hydrogens is 192 g/mol. The molecule has 0 aliphatic rings. The molecule has 0 saturated carbocycles. The van der Waals surface area contributed by atoms with Gasteiger partial charge in [0, 0.05) is 0 Å². The van der Waals surface area contributed by atoms with Crippen molar-refractivity contribution >= 4 is 16.7 Å². The van der Waals surface area contributed by atoms with Crippen molar-refractivity contribution in [3.05, 3.63) is 47.5 Å². The molecule has 0 heterocycles. The van der Waals surface area contributed by atoms with E-state index in [1.54, 1.807) is 18.2 Å². The monoisotopic (exact) mass is 202 g/mol. The van der Waals surface area contributed by atoms with Crippen LogP contribution in [-0.4, -0.2) is 16.2 Å². The van der Waals surface area contributed by atoms with Crippen molar-refractivity contribution in [3.63, 3.8) is 0 Å². The Kier molecular flexibility index (Phi) is 2.39. The second kappa shape index (κ2) is 3.71. The molecule has 76 valence electrons. The van der Waals surface area contributed by atoms with Crippen LogP contribution in [0.2, 0.25) is 0 Å². The summed E-state index contributed by atoms with van der Waals surface area (Å²) in [5.41, 5.74) is 0.850. The van der Waals surface area contributed by atoms with Gasteiger partial charge in [0.1, 0.15) is 0 Å². The number of aliphatic hydroxyl groups excluding tert-OH is 1. The van der Waals surface area contributed by atoms with Gasteiger partial charge in [0.15, 0.2) is 0 Å². The molecule has 0 aliphatic heterocycles. The van der Waals surface area contributed by atoms with Crippen molar-refractivity contribution in [1.29, 1.82) is 0 Å². The Balaban J connectivity index is 2.80. The highest BCUT2D eigenvalue weighted by Crippen LogP contribution is 2.21. The van der Waals surface area contributed by atoms with Gasteiger partial charge in [-0.1, -0.05) is 24.3 Å². The first-order chi connectivity index (χ1) is 7.22. The van der Waals surface area contributed by atoms with Crippen LogP contribution >= 0.6 is 0 Å². The van der Waals surface area contributed by atoms with E-state index in [-0.39, 0.29) is 12.2 Å². The zero-order valence-corrected chi connectivity index (χ0v) is 7.97. The van der Waals surface area contributed by atoms with E-state index in [4.69, 9.17) is 10.2 Å². The van der Waals surface area contributed by atoms with Crippen molar-refractivity contribution < 1.29 is 15.0 Å². The van der Waals surface area contributed by atoms with Gasteiger partial charge in [0.25, 0.3) is 0 Å². The summed E-state index contributed by atoms with van der Waals surface area (Å²) >= 11 is 0. The first-order valence-corrected chi connectivity index (χ1v) is 4.58. The van der Waals surface area contributed by atoms with Crippen LogP contribution in [0.5, 0.6) is 0 Å². The molecule has 0 saturated heterocycles. The average molecular weight is 202 g/mol. The first-order valence-electron chi connectivity index (χ1n) is 4.58. The van der Waals surface area contributed by atoms with E-state index in [1.165, 1.54) is 6.07 Å². The number of carboxylic acid groups (broad SMARTS) is 1. The number of carboxylic acids is 1.